The van der Waals surface area contributed by atoms with Crippen molar-refractivity contribution in [2.45, 2.75) is 32.6 Å². The molecule has 0 spiro atoms. The third kappa shape index (κ3) is 3.37. The highest BCUT2D eigenvalue weighted by Crippen LogP contribution is 2.36. The molecule has 2 aromatic carbocycles. The van der Waals surface area contributed by atoms with Gasteiger partial charge in [-0.15, -0.1) is 0 Å². The van der Waals surface area contributed by atoms with Gasteiger partial charge in [0, 0.05) is 36.3 Å². The second kappa shape index (κ2) is 7.33. The Kier molecular flexibility index (Phi) is 4.75. The van der Waals surface area contributed by atoms with Crippen LogP contribution in [0.5, 0.6) is 0 Å². The third-order valence-electron chi connectivity index (χ3n) is 5.45. The molecule has 0 atom stereocenters. The van der Waals surface area contributed by atoms with E-state index in [9.17, 15) is 4.79 Å². The first-order chi connectivity index (χ1) is 12.7. The maximum atomic E-state index is 12.6. The molecule has 0 saturated carbocycles. The zero-order chi connectivity index (χ0) is 17.9. The van der Waals surface area contributed by atoms with Crippen LogP contribution in [0.4, 0.5) is 0 Å². The van der Waals surface area contributed by atoms with Crippen molar-refractivity contribution >= 4 is 11.4 Å². The normalized spacial score (nSPS) is 17.0. The number of allylic oxidation sites excluding steroid dienone is 4. The number of fused-ring (bicyclic) bond motifs is 1. The first-order valence-electron chi connectivity index (χ1n) is 9.58. The van der Waals surface area contributed by atoms with Gasteiger partial charge in [0.25, 0.3) is 0 Å². The zero-order valence-corrected chi connectivity index (χ0v) is 15.4. The van der Waals surface area contributed by atoms with E-state index >= 15 is 0 Å². The minimum absolute atomic E-state index is 0.0693. The van der Waals surface area contributed by atoms with E-state index in [0.717, 1.165) is 25.1 Å². The highest BCUT2D eigenvalue weighted by Gasteiger charge is 2.24. The molecule has 0 N–H and O–H groups in total. The molecule has 0 unspecified atom stereocenters. The molecule has 132 valence electrons. The van der Waals surface area contributed by atoms with Gasteiger partial charge in [0.1, 0.15) is 0 Å². The van der Waals surface area contributed by atoms with Gasteiger partial charge in [-0.3, -0.25) is 4.79 Å². The molecule has 4 rings (SSSR count). The van der Waals surface area contributed by atoms with Crippen molar-refractivity contribution in [3.05, 3.63) is 88.6 Å². The minimum Gasteiger partial charge on any atom is -0.374 e. The number of ketones is 1. The topological polar surface area (TPSA) is 20.3 Å². The van der Waals surface area contributed by atoms with Crippen molar-refractivity contribution in [1.29, 1.82) is 0 Å². The van der Waals surface area contributed by atoms with Crippen LogP contribution in [0.3, 0.4) is 0 Å². The van der Waals surface area contributed by atoms with Crippen LogP contribution in [0.1, 0.15) is 46.3 Å². The van der Waals surface area contributed by atoms with Crippen LogP contribution in [0, 0.1) is 6.92 Å². The molecule has 1 heterocycles. The van der Waals surface area contributed by atoms with Gasteiger partial charge in [-0.2, -0.15) is 0 Å². The van der Waals surface area contributed by atoms with Gasteiger partial charge in [-0.1, -0.05) is 54.1 Å². The summed E-state index contributed by atoms with van der Waals surface area (Å²) >= 11 is 0. The van der Waals surface area contributed by atoms with Gasteiger partial charge in [0.05, 0.1) is 0 Å². The molecule has 26 heavy (non-hydrogen) atoms. The van der Waals surface area contributed by atoms with E-state index < -0.39 is 0 Å². The van der Waals surface area contributed by atoms with E-state index in [4.69, 9.17) is 0 Å². The average molecular weight is 343 g/mol. The van der Waals surface area contributed by atoms with E-state index in [1.165, 1.54) is 47.2 Å². The van der Waals surface area contributed by atoms with E-state index in [1.807, 2.05) is 37.3 Å². The van der Waals surface area contributed by atoms with Crippen LogP contribution in [0.15, 0.2) is 66.4 Å². The van der Waals surface area contributed by atoms with Gasteiger partial charge in [-0.25, -0.2) is 0 Å². The predicted octanol–water partition coefficient (Wildman–Crippen LogP) is 5.19. The predicted molar refractivity (Wildman–Crippen MR) is 107 cm³/mol. The average Bonchev–Trinajstić information content (AvgIpc) is 3.06. The minimum atomic E-state index is 0.0693. The summed E-state index contributed by atoms with van der Waals surface area (Å²) in [6, 6.07) is 16.4. The lowest BCUT2D eigenvalue weighted by Crippen LogP contribution is -2.29. The first kappa shape index (κ1) is 16.8. The fourth-order valence-corrected chi connectivity index (χ4v) is 3.97. The molecule has 2 nitrogen and oxygen atoms in total. The third-order valence-corrected chi connectivity index (χ3v) is 5.45. The van der Waals surface area contributed by atoms with Crippen molar-refractivity contribution < 1.29 is 4.79 Å². The number of carbonyl (C=O) groups excluding carboxylic acids is 1. The summed E-state index contributed by atoms with van der Waals surface area (Å²) in [6.07, 6.45) is 8.62. The Balaban J connectivity index is 1.65. The van der Waals surface area contributed by atoms with Gasteiger partial charge < -0.3 is 4.90 Å². The number of likely N-dealkylation sites (tertiary alicyclic amines) is 1. The molecule has 1 saturated heterocycles. The lowest BCUT2D eigenvalue weighted by Gasteiger charge is -2.30. The van der Waals surface area contributed by atoms with Crippen molar-refractivity contribution in [2.24, 2.45) is 0 Å². The van der Waals surface area contributed by atoms with Crippen molar-refractivity contribution in [3.63, 3.8) is 0 Å². The van der Waals surface area contributed by atoms with Crippen LogP contribution >= 0.6 is 0 Å². The Labute approximate surface area is 155 Å². The summed E-state index contributed by atoms with van der Waals surface area (Å²) in [5, 5.41) is 0. The molecule has 0 bridgehead atoms. The number of nitrogens with zero attached hydrogens (tertiary/aromatic N) is 1. The number of aryl methyl sites for hydroxylation is 1. The van der Waals surface area contributed by atoms with Crippen LogP contribution in [-0.4, -0.2) is 23.8 Å². The maximum absolute atomic E-state index is 12.6. The van der Waals surface area contributed by atoms with Gasteiger partial charge in [0.15, 0.2) is 5.78 Å². The SMILES string of the molecule is Cc1ccc(C(=O)/C=C/C2=C(N3CCCCC3)Cc3ccccc32)cc1. The molecule has 0 aromatic heterocycles. The standard InChI is InChI=1S/C24H25NO/c1-18-9-11-19(12-10-18)24(26)14-13-22-21-8-4-3-7-20(21)17-23(22)25-15-5-2-6-16-25/h3-4,7-14H,2,5-6,15-17H2,1H3/b14-13+. The van der Waals surface area contributed by atoms with E-state index in [2.05, 4.69) is 29.2 Å². The van der Waals surface area contributed by atoms with Crippen molar-refractivity contribution in [1.82, 2.24) is 4.90 Å². The summed E-state index contributed by atoms with van der Waals surface area (Å²) in [7, 11) is 0. The van der Waals surface area contributed by atoms with Crippen molar-refractivity contribution in [3.8, 4) is 0 Å². The fraction of sp³-hybridized carbons (Fsp3) is 0.292. The van der Waals surface area contributed by atoms with Crippen molar-refractivity contribution in [2.75, 3.05) is 13.1 Å². The first-order valence-corrected chi connectivity index (χ1v) is 9.58. The lowest BCUT2D eigenvalue weighted by atomic mass is 10.0. The Hall–Kier alpha value is -2.61. The molecule has 0 amide bonds. The Morgan fingerprint density at radius 1 is 0.962 bits per heavy atom. The summed E-state index contributed by atoms with van der Waals surface area (Å²) in [4.78, 5) is 15.1. The fourth-order valence-electron chi connectivity index (χ4n) is 3.97. The lowest BCUT2D eigenvalue weighted by molar-refractivity contribution is 0.104. The summed E-state index contributed by atoms with van der Waals surface area (Å²) in [5.41, 5.74) is 7.18. The van der Waals surface area contributed by atoms with Crippen LogP contribution < -0.4 is 0 Å². The molecule has 1 aliphatic carbocycles. The zero-order valence-electron chi connectivity index (χ0n) is 15.4. The molecule has 2 heteroatoms. The number of hydrogen-bond donors (Lipinski definition) is 0. The monoisotopic (exact) mass is 343 g/mol. The van der Waals surface area contributed by atoms with E-state index in [1.54, 1.807) is 6.08 Å². The Morgan fingerprint density at radius 2 is 1.69 bits per heavy atom. The molecule has 2 aromatic rings. The molecule has 1 fully saturated rings. The smallest absolute Gasteiger partial charge is 0.185 e. The Bertz CT molecular complexity index is 867. The molecular weight excluding hydrogens is 318 g/mol. The summed E-state index contributed by atoms with van der Waals surface area (Å²) in [6.45, 7) is 4.30. The molecular formula is C24H25NO. The highest BCUT2D eigenvalue weighted by molar-refractivity contribution is 6.06. The van der Waals surface area contributed by atoms with E-state index in [-0.39, 0.29) is 5.78 Å². The number of hydrogen-bond acceptors (Lipinski definition) is 2. The van der Waals surface area contributed by atoms with Gasteiger partial charge in [0.2, 0.25) is 0 Å². The Morgan fingerprint density at radius 3 is 2.46 bits per heavy atom. The molecule has 1 aliphatic heterocycles. The second-order valence-corrected chi connectivity index (χ2v) is 7.31. The number of benzene rings is 2. The van der Waals surface area contributed by atoms with E-state index in [0.29, 0.717) is 0 Å². The highest BCUT2D eigenvalue weighted by atomic mass is 16.1. The summed E-state index contributed by atoms with van der Waals surface area (Å²) in [5.74, 6) is 0.0693. The van der Waals surface area contributed by atoms with Gasteiger partial charge >= 0.3 is 0 Å². The van der Waals surface area contributed by atoms with Gasteiger partial charge in [-0.05, 0) is 49.5 Å². The maximum Gasteiger partial charge on any atom is 0.185 e. The van der Waals surface area contributed by atoms with Crippen LogP contribution in [0.2, 0.25) is 0 Å². The molecule has 0 radical (unpaired) electrons. The second-order valence-electron chi connectivity index (χ2n) is 7.31. The number of piperidine rings is 1. The number of rotatable bonds is 4. The summed E-state index contributed by atoms with van der Waals surface area (Å²) < 4.78 is 0. The largest absolute Gasteiger partial charge is 0.374 e. The quantitative estimate of drug-likeness (QED) is 0.563. The van der Waals surface area contributed by atoms with Crippen LogP contribution in [0.25, 0.3) is 5.57 Å². The molecule has 2 aliphatic rings. The number of carbonyl (C=O) groups is 1. The van der Waals surface area contributed by atoms with Crippen LogP contribution in [-0.2, 0) is 6.42 Å².